The highest BCUT2D eigenvalue weighted by Crippen LogP contribution is 2.26. The van der Waals surface area contributed by atoms with Crippen molar-refractivity contribution in [2.45, 2.75) is 23.8 Å². The molecule has 0 bridgehead atoms. The van der Waals surface area contributed by atoms with Crippen LogP contribution in [-0.4, -0.2) is 34.0 Å². The van der Waals surface area contributed by atoms with Crippen molar-refractivity contribution in [1.29, 1.82) is 0 Å². The molecule has 2 rings (SSSR count). The Balaban J connectivity index is 2.20. The summed E-state index contributed by atoms with van der Waals surface area (Å²) >= 11 is 0. The number of hydrogen-bond acceptors (Lipinski definition) is 5. The van der Waals surface area contributed by atoms with Gasteiger partial charge in [0, 0.05) is 30.8 Å². The van der Waals surface area contributed by atoms with Crippen molar-refractivity contribution in [2.24, 2.45) is 0 Å². The molecule has 1 amide bonds. The lowest BCUT2D eigenvalue weighted by atomic mass is 10.1. The summed E-state index contributed by atoms with van der Waals surface area (Å²) in [5.74, 6) is 0.128. The number of nitrogens with two attached hydrogens (primary N) is 1. The number of benzene rings is 1. The fraction of sp³-hybridized carbons (Fsp3) is 0.417. The molecule has 0 radical (unpaired) electrons. The van der Waals surface area contributed by atoms with Gasteiger partial charge in [0.2, 0.25) is 15.9 Å². The van der Waals surface area contributed by atoms with Gasteiger partial charge in [-0.15, -0.1) is 0 Å². The van der Waals surface area contributed by atoms with E-state index in [1.165, 1.54) is 25.3 Å². The Hall–Kier alpha value is -1.80. The standard InChI is InChI=1S/C12H17N3O4S/c1-19-10-6-8(13)2-4-11(10)20(17,18)15-9-3-5-12(16)14-7-9/h2,4,6,9,15H,3,5,7,13H2,1H3,(H,14,16). The number of sulfonamides is 1. The fourth-order valence-electron chi connectivity index (χ4n) is 2.02. The van der Waals surface area contributed by atoms with Crippen LogP contribution in [0.15, 0.2) is 23.1 Å². The average Bonchev–Trinajstić information content (AvgIpc) is 2.40. The molecule has 1 saturated heterocycles. The van der Waals surface area contributed by atoms with Crippen molar-refractivity contribution < 1.29 is 17.9 Å². The van der Waals surface area contributed by atoms with Crippen LogP contribution in [-0.2, 0) is 14.8 Å². The third-order valence-corrected chi connectivity index (χ3v) is 4.62. The number of anilines is 1. The van der Waals surface area contributed by atoms with Gasteiger partial charge in [-0.1, -0.05) is 0 Å². The van der Waals surface area contributed by atoms with Gasteiger partial charge in [-0.05, 0) is 18.6 Å². The molecule has 1 aliphatic rings. The van der Waals surface area contributed by atoms with Crippen molar-refractivity contribution in [3.63, 3.8) is 0 Å². The third-order valence-electron chi connectivity index (χ3n) is 3.06. The molecular formula is C12H17N3O4S. The minimum Gasteiger partial charge on any atom is -0.495 e. The number of amides is 1. The van der Waals surface area contributed by atoms with Gasteiger partial charge in [-0.2, -0.15) is 0 Å². The minimum absolute atomic E-state index is 0.0334. The Bertz CT molecular complexity index is 605. The molecule has 8 heteroatoms. The minimum atomic E-state index is -3.72. The van der Waals surface area contributed by atoms with Crippen LogP contribution in [0.4, 0.5) is 5.69 Å². The predicted molar refractivity (Wildman–Crippen MR) is 73.8 cm³/mol. The first-order valence-electron chi connectivity index (χ1n) is 6.15. The number of nitrogen functional groups attached to an aromatic ring is 1. The normalized spacial score (nSPS) is 19.4. The Labute approximate surface area is 117 Å². The van der Waals surface area contributed by atoms with Crippen LogP contribution in [0.1, 0.15) is 12.8 Å². The molecule has 0 spiro atoms. The van der Waals surface area contributed by atoms with Crippen LogP contribution in [0.5, 0.6) is 5.75 Å². The summed E-state index contributed by atoms with van der Waals surface area (Å²) < 4.78 is 32.3. The van der Waals surface area contributed by atoms with Gasteiger partial charge in [-0.3, -0.25) is 4.79 Å². The quantitative estimate of drug-likeness (QED) is 0.669. The second kappa shape index (κ2) is 5.68. The number of carbonyl (C=O) groups excluding carboxylic acids is 1. The first-order chi connectivity index (χ1) is 9.42. The van der Waals surface area contributed by atoms with Gasteiger partial charge in [0.25, 0.3) is 0 Å². The van der Waals surface area contributed by atoms with Gasteiger partial charge >= 0.3 is 0 Å². The summed E-state index contributed by atoms with van der Waals surface area (Å²) in [5.41, 5.74) is 6.03. The second-order valence-electron chi connectivity index (χ2n) is 4.57. The van der Waals surface area contributed by atoms with Crippen molar-refractivity contribution in [3.8, 4) is 5.75 Å². The van der Waals surface area contributed by atoms with E-state index in [0.717, 1.165) is 0 Å². The maximum absolute atomic E-state index is 12.3. The lowest BCUT2D eigenvalue weighted by molar-refractivity contribution is -0.122. The summed E-state index contributed by atoms with van der Waals surface area (Å²) in [7, 11) is -2.34. The summed E-state index contributed by atoms with van der Waals surface area (Å²) in [5, 5.41) is 2.63. The Morgan fingerprint density at radius 1 is 1.45 bits per heavy atom. The van der Waals surface area contributed by atoms with Gasteiger partial charge in [-0.25, -0.2) is 13.1 Å². The van der Waals surface area contributed by atoms with E-state index >= 15 is 0 Å². The van der Waals surface area contributed by atoms with Crippen LogP contribution in [0.3, 0.4) is 0 Å². The number of hydrogen-bond donors (Lipinski definition) is 3. The van der Waals surface area contributed by atoms with Crippen LogP contribution in [0, 0.1) is 0 Å². The van der Waals surface area contributed by atoms with Crippen molar-refractivity contribution >= 4 is 21.6 Å². The van der Waals surface area contributed by atoms with Crippen LogP contribution in [0.2, 0.25) is 0 Å². The molecule has 110 valence electrons. The fourth-order valence-corrected chi connectivity index (χ4v) is 3.44. The SMILES string of the molecule is COc1cc(N)ccc1S(=O)(=O)NC1CCC(=O)NC1. The first kappa shape index (κ1) is 14.6. The molecule has 1 aromatic carbocycles. The van der Waals surface area contributed by atoms with Gasteiger partial charge in [0.15, 0.2) is 0 Å². The van der Waals surface area contributed by atoms with Gasteiger partial charge in [0.05, 0.1) is 7.11 Å². The molecule has 4 N–H and O–H groups in total. The lowest BCUT2D eigenvalue weighted by Crippen LogP contribution is -2.47. The average molecular weight is 299 g/mol. The van der Waals surface area contributed by atoms with Gasteiger partial charge in [0.1, 0.15) is 10.6 Å². The highest BCUT2D eigenvalue weighted by Gasteiger charge is 2.26. The topological polar surface area (TPSA) is 111 Å². The van der Waals surface area contributed by atoms with Crippen molar-refractivity contribution in [3.05, 3.63) is 18.2 Å². The molecule has 20 heavy (non-hydrogen) atoms. The van der Waals surface area contributed by atoms with Crippen molar-refractivity contribution in [2.75, 3.05) is 19.4 Å². The molecule has 0 aliphatic carbocycles. The summed E-state index contributed by atoms with van der Waals surface area (Å²) in [4.78, 5) is 11.1. The van der Waals surface area contributed by atoms with E-state index < -0.39 is 10.0 Å². The highest BCUT2D eigenvalue weighted by molar-refractivity contribution is 7.89. The monoisotopic (exact) mass is 299 g/mol. The zero-order chi connectivity index (χ0) is 14.8. The smallest absolute Gasteiger partial charge is 0.244 e. The molecule has 1 atom stereocenters. The molecule has 7 nitrogen and oxygen atoms in total. The van der Waals surface area contributed by atoms with E-state index in [1.807, 2.05) is 0 Å². The van der Waals surface area contributed by atoms with E-state index in [4.69, 9.17) is 10.5 Å². The van der Waals surface area contributed by atoms with Crippen LogP contribution in [0.25, 0.3) is 0 Å². The zero-order valence-corrected chi connectivity index (χ0v) is 11.9. The molecule has 0 aromatic heterocycles. The van der Waals surface area contributed by atoms with Gasteiger partial charge < -0.3 is 15.8 Å². The van der Waals surface area contributed by atoms with Crippen molar-refractivity contribution in [1.82, 2.24) is 10.0 Å². The number of carbonyl (C=O) groups is 1. The first-order valence-corrected chi connectivity index (χ1v) is 7.63. The van der Waals surface area contributed by atoms with Crippen LogP contribution >= 0.6 is 0 Å². The predicted octanol–water partition coefficient (Wildman–Crippen LogP) is -0.166. The Morgan fingerprint density at radius 2 is 2.20 bits per heavy atom. The van der Waals surface area contributed by atoms with E-state index in [-0.39, 0.29) is 29.1 Å². The second-order valence-corrected chi connectivity index (χ2v) is 6.25. The molecule has 1 heterocycles. The highest BCUT2D eigenvalue weighted by atomic mass is 32.2. The Morgan fingerprint density at radius 3 is 2.80 bits per heavy atom. The molecule has 1 aromatic rings. The maximum atomic E-state index is 12.3. The molecule has 1 aliphatic heterocycles. The van der Waals surface area contributed by atoms with E-state index in [1.54, 1.807) is 0 Å². The summed E-state index contributed by atoms with van der Waals surface area (Å²) in [6, 6.07) is 4.04. The van der Waals surface area contributed by atoms with E-state index in [9.17, 15) is 13.2 Å². The van der Waals surface area contributed by atoms with E-state index in [0.29, 0.717) is 18.5 Å². The zero-order valence-electron chi connectivity index (χ0n) is 11.0. The van der Waals surface area contributed by atoms with E-state index in [2.05, 4.69) is 10.0 Å². The molecular weight excluding hydrogens is 282 g/mol. The maximum Gasteiger partial charge on any atom is 0.244 e. The largest absolute Gasteiger partial charge is 0.495 e. The molecule has 1 fully saturated rings. The number of ether oxygens (including phenoxy) is 1. The number of nitrogens with one attached hydrogen (secondary N) is 2. The molecule has 0 saturated carbocycles. The summed E-state index contributed by atoms with van der Waals surface area (Å²) in [6.45, 7) is 0.287. The third kappa shape index (κ3) is 3.20. The number of rotatable bonds is 4. The molecule has 1 unspecified atom stereocenters. The lowest BCUT2D eigenvalue weighted by Gasteiger charge is -2.23. The number of methoxy groups -OCH3 is 1. The van der Waals surface area contributed by atoms with Crippen LogP contribution < -0.4 is 20.5 Å². The number of piperidine rings is 1. The Kier molecular flexibility index (Phi) is 4.15. The summed E-state index contributed by atoms with van der Waals surface area (Å²) in [6.07, 6.45) is 0.786.